The fourth-order valence-corrected chi connectivity index (χ4v) is 1.69. The molecule has 3 N–H and O–H groups in total. The molecular weight excluding hydrogens is 176 g/mol. The van der Waals surface area contributed by atoms with Gasteiger partial charge < -0.3 is 11.1 Å². The molecule has 0 heterocycles. The Morgan fingerprint density at radius 1 is 1.50 bits per heavy atom. The van der Waals surface area contributed by atoms with Gasteiger partial charge >= 0.3 is 0 Å². The maximum absolute atomic E-state index is 11.4. The van der Waals surface area contributed by atoms with E-state index in [0.29, 0.717) is 12.3 Å². The van der Waals surface area contributed by atoms with Gasteiger partial charge in [0.05, 0.1) is 0 Å². The zero-order valence-corrected chi connectivity index (χ0v) is 9.31. The molecule has 0 aromatic heterocycles. The summed E-state index contributed by atoms with van der Waals surface area (Å²) in [5.74, 6) is 0.763. The molecule has 1 aliphatic rings. The Morgan fingerprint density at radius 3 is 2.57 bits per heavy atom. The van der Waals surface area contributed by atoms with Gasteiger partial charge in [-0.25, -0.2) is 0 Å². The van der Waals surface area contributed by atoms with Crippen molar-refractivity contribution in [2.24, 2.45) is 11.7 Å². The van der Waals surface area contributed by atoms with Crippen molar-refractivity contribution in [1.29, 1.82) is 0 Å². The standard InChI is InChI=1S/C11H22N2O/c1-9(2)4-7-13-10(14)8-11(12)5-3-6-11/h9H,3-8,12H2,1-2H3,(H,13,14). The first-order chi connectivity index (χ1) is 6.52. The molecule has 1 aliphatic carbocycles. The van der Waals surface area contributed by atoms with Crippen LogP contribution < -0.4 is 11.1 Å². The second-order valence-electron chi connectivity index (χ2n) is 4.93. The molecular formula is C11H22N2O. The first-order valence-corrected chi connectivity index (χ1v) is 5.57. The fraction of sp³-hybridized carbons (Fsp3) is 0.909. The predicted octanol–water partition coefficient (Wildman–Crippen LogP) is 1.42. The second kappa shape index (κ2) is 4.78. The Bertz CT molecular complexity index is 197. The summed E-state index contributed by atoms with van der Waals surface area (Å²) in [6, 6.07) is 0. The second-order valence-corrected chi connectivity index (χ2v) is 4.93. The summed E-state index contributed by atoms with van der Waals surface area (Å²) in [5, 5.41) is 2.92. The third-order valence-corrected chi connectivity index (χ3v) is 2.91. The van der Waals surface area contributed by atoms with E-state index >= 15 is 0 Å². The molecule has 0 unspecified atom stereocenters. The van der Waals surface area contributed by atoms with Gasteiger partial charge in [-0.05, 0) is 31.6 Å². The lowest BCUT2D eigenvalue weighted by Crippen LogP contribution is -2.50. The van der Waals surface area contributed by atoms with E-state index < -0.39 is 0 Å². The quantitative estimate of drug-likeness (QED) is 0.702. The number of amides is 1. The molecule has 1 saturated carbocycles. The van der Waals surface area contributed by atoms with Crippen LogP contribution in [0.3, 0.4) is 0 Å². The van der Waals surface area contributed by atoms with Crippen LogP contribution in [0.15, 0.2) is 0 Å². The molecule has 0 aromatic rings. The summed E-state index contributed by atoms with van der Waals surface area (Å²) < 4.78 is 0. The molecule has 1 amide bonds. The Balaban J connectivity index is 2.10. The summed E-state index contributed by atoms with van der Waals surface area (Å²) in [6.45, 7) is 5.09. The number of nitrogens with one attached hydrogen (secondary N) is 1. The Labute approximate surface area is 86.4 Å². The number of rotatable bonds is 5. The van der Waals surface area contributed by atoms with Crippen molar-refractivity contribution in [2.75, 3.05) is 6.54 Å². The van der Waals surface area contributed by atoms with E-state index in [4.69, 9.17) is 5.73 Å². The molecule has 0 saturated heterocycles. The van der Waals surface area contributed by atoms with Crippen LogP contribution in [0.1, 0.15) is 46.0 Å². The maximum atomic E-state index is 11.4. The van der Waals surface area contributed by atoms with Crippen LogP contribution in [-0.2, 0) is 4.79 Å². The highest BCUT2D eigenvalue weighted by atomic mass is 16.1. The summed E-state index contributed by atoms with van der Waals surface area (Å²) in [5.41, 5.74) is 5.80. The zero-order valence-electron chi connectivity index (χ0n) is 9.31. The number of hydrogen-bond acceptors (Lipinski definition) is 2. The van der Waals surface area contributed by atoms with E-state index in [0.717, 1.165) is 25.8 Å². The average Bonchev–Trinajstić information content (AvgIpc) is 2.00. The van der Waals surface area contributed by atoms with Gasteiger partial charge in [0.15, 0.2) is 0 Å². The highest BCUT2D eigenvalue weighted by Crippen LogP contribution is 2.31. The molecule has 82 valence electrons. The SMILES string of the molecule is CC(C)CCNC(=O)CC1(N)CCC1. The molecule has 1 fully saturated rings. The number of carbonyl (C=O) groups is 1. The van der Waals surface area contributed by atoms with Gasteiger partial charge in [0.1, 0.15) is 0 Å². The van der Waals surface area contributed by atoms with Crippen LogP contribution in [0.2, 0.25) is 0 Å². The Kier molecular flexibility index (Phi) is 3.93. The number of carbonyl (C=O) groups excluding carboxylic acids is 1. The normalized spacial score (nSPS) is 19.1. The van der Waals surface area contributed by atoms with Crippen LogP contribution in [-0.4, -0.2) is 18.0 Å². The third-order valence-electron chi connectivity index (χ3n) is 2.91. The van der Waals surface area contributed by atoms with Gasteiger partial charge in [0.25, 0.3) is 0 Å². The van der Waals surface area contributed by atoms with Gasteiger partial charge in [-0.15, -0.1) is 0 Å². The summed E-state index contributed by atoms with van der Waals surface area (Å²) >= 11 is 0. The van der Waals surface area contributed by atoms with E-state index in [-0.39, 0.29) is 11.4 Å². The van der Waals surface area contributed by atoms with Gasteiger partial charge in [-0.2, -0.15) is 0 Å². The molecule has 14 heavy (non-hydrogen) atoms. The fourth-order valence-electron chi connectivity index (χ4n) is 1.69. The van der Waals surface area contributed by atoms with E-state index in [1.54, 1.807) is 0 Å². The molecule has 0 bridgehead atoms. The van der Waals surface area contributed by atoms with Crippen molar-refractivity contribution in [2.45, 2.75) is 51.5 Å². The lowest BCUT2D eigenvalue weighted by atomic mass is 9.75. The van der Waals surface area contributed by atoms with Crippen molar-refractivity contribution in [1.82, 2.24) is 5.32 Å². The molecule has 1 rings (SSSR count). The first-order valence-electron chi connectivity index (χ1n) is 5.57. The largest absolute Gasteiger partial charge is 0.356 e. The Hall–Kier alpha value is -0.570. The minimum Gasteiger partial charge on any atom is -0.356 e. The van der Waals surface area contributed by atoms with Crippen molar-refractivity contribution < 1.29 is 4.79 Å². The summed E-state index contributed by atoms with van der Waals surface area (Å²) in [4.78, 5) is 11.4. The molecule has 0 aromatic carbocycles. The van der Waals surface area contributed by atoms with Gasteiger partial charge in [0, 0.05) is 18.5 Å². The summed E-state index contributed by atoms with van der Waals surface area (Å²) in [7, 11) is 0. The monoisotopic (exact) mass is 198 g/mol. The molecule has 3 heteroatoms. The van der Waals surface area contributed by atoms with Gasteiger partial charge in [-0.3, -0.25) is 4.79 Å². The van der Waals surface area contributed by atoms with Crippen molar-refractivity contribution in [3.63, 3.8) is 0 Å². The van der Waals surface area contributed by atoms with Crippen LogP contribution in [0, 0.1) is 5.92 Å². The maximum Gasteiger partial charge on any atom is 0.221 e. The van der Waals surface area contributed by atoms with Gasteiger partial charge in [0.2, 0.25) is 5.91 Å². The van der Waals surface area contributed by atoms with E-state index in [1.165, 1.54) is 6.42 Å². The molecule has 0 aliphatic heterocycles. The van der Waals surface area contributed by atoms with E-state index in [9.17, 15) is 4.79 Å². The first kappa shape index (κ1) is 11.5. The predicted molar refractivity (Wildman–Crippen MR) is 57.9 cm³/mol. The average molecular weight is 198 g/mol. The van der Waals surface area contributed by atoms with Crippen LogP contribution in [0.4, 0.5) is 0 Å². The molecule has 0 spiro atoms. The minimum absolute atomic E-state index is 0.118. The number of nitrogens with two attached hydrogens (primary N) is 1. The molecule has 3 nitrogen and oxygen atoms in total. The van der Waals surface area contributed by atoms with Gasteiger partial charge in [-0.1, -0.05) is 13.8 Å². The van der Waals surface area contributed by atoms with Crippen molar-refractivity contribution in [3.05, 3.63) is 0 Å². The topological polar surface area (TPSA) is 55.1 Å². The molecule has 0 radical (unpaired) electrons. The summed E-state index contributed by atoms with van der Waals surface area (Å²) in [6.07, 6.45) is 4.74. The van der Waals surface area contributed by atoms with Crippen LogP contribution in [0.5, 0.6) is 0 Å². The minimum atomic E-state index is -0.179. The van der Waals surface area contributed by atoms with Crippen LogP contribution >= 0.6 is 0 Å². The lowest BCUT2D eigenvalue weighted by Gasteiger charge is -2.37. The lowest BCUT2D eigenvalue weighted by molar-refractivity contribution is -0.123. The third kappa shape index (κ3) is 3.66. The van der Waals surface area contributed by atoms with E-state index in [1.807, 2.05) is 0 Å². The Morgan fingerprint density at radius 2 is 2.14 bits per heavy atom. The highest BCUT2D eigenvalue weighted by molar-refractivity contribution is 5.77. The van der Waals surface area contributed by atoms with Crippen molar-refractivity contribution in [3.8, 4) is 0 Å². The highest BCUT2D eigenvalue weighted by Gasteiger charge is 2.34. The van der Waals surface area contributed by atoms with E-state index in [2.05, 4.69) is 19.2 Å². The van der Waals surface area contributed by atoms with Crippen LogP contribution in [0.25, 0.3) is 0 Å². The smallest absolute Gasteiger partial charge is 0.221 e. The number of hydrogen-bond donors (Lipinski definition) is 2. The van der Waals surface area contributed by atoms with Crippen molar-refractivity contribution >= 4 is 5.91 Å². The molecule has 0 atom stereocenters. The zero-order chi connectivity index (χ0) is 10.6.